The van der Waals surface area contributed by atoms with E-state index in [0.29, 0.717) is 10.0 Å². The van der Waals surface area contributed by atoms with Crippen molar-refractivity contribution in [3.63, 3.8) is 0 Å². The number of hydrogen-bond acceptors (Lipinski definition) is 1. The van der Waals surface area contributed by atoms with Crippen molar-refractivity contribution in [2.45, 2.75) is 19.3 Å². The highest BCUT2D eigenvalue weighted by Crippen LogP contribution is 2.28. The standard InChI is InChI=1S/C17H14BrFO/c18-15-6-5-13(16(19)10-15)9-17(20)14-7-11-3-1-2-4-12(11)8-14/h1-6,10,14H,7-9H2. The highest BCUT2D eigenvalue weighted by atomic mass is 79.9. The second-order valence-corrected chi connectivity index (χ2v) is 6.17. The number of fused-ring (bicyclic) bond motifs is 1. The molecule has 0 fully saturated rings. The summed E-state index contributed by atoms with van der Waals surface area (Å²) in [4.78, 5) is 12.3. The monoisotopic (exact) mass is 332 g/mol. The molecule has 102 valence electrons. The number of Topliss-reactive ketones (excluding diaryl/α,β-unsaturated/α-hetero) is 1. The molecule has 0 aliphatic heterocycles. The van der Waals surface area contributed by atoms with Crippen LogP contribution in [0.15, 0.2) is 46.9 Å². The third-order valence-corrected chi connectivity index (χ3v) is 4.38. The van der Waals surface area contributed by atoms with Gasteiger partial charge in [0, 0.05) is 16.8 Å². The van der Waals surface area contributed by atoms with E-state index < -0.39 is 0 Å². The Bertz CT molecular complexity index is 641. The van der Waals surface area contributed by atoms with Gasteiger partial charge in [0.15, 0.2) is 0 Å². The van der Waals surface area contributed by atoms with E-state index in [1.165, 1.54) is 17.2 Å². The lowest BCUT2D eigenvalue weighted by molar-refractivity contribution is -0.122. The van der Waals surface area contributed by atoms with Crippen LogP contribution in [-0.2, 0) is 24.1 Å². The molecule has 0 aromatic heterocycles. The van der Waals surface area contributed by atoms with Gasteiger partial charge >= 0.3 is 0 Å². The molecule has 0 radical (unpaired) electrons. The first-order valence-electron chi connectivity index (χ1n) is 6.67. The number of carbonyl (C=O) groups is 1. The van der Waals surface area contributed by atoms with Crippen LogP contribution in [0.5, 0.6) is 0 Å². The highest BCUT2D eigenvalue weighted by Gasteiger charge is 2.27. The van der Waals surface area contributed by atoms with Crippen LogP contribution in [0.25, 0.3) is 0 Å². The largest absolute Gasteiger partial charge is 0.299 e. The topological polar surface area (TPSA) is 17.1 Å². The van der Waals surface area contributed by atoms with Crippen LogP contribution in [-0.4, -0.2) is 5.78 Å². The first-order valence-corrected chi connectivity index (χ1v) is 7.46. The van der Waals surface area contributed by atoms with Gasteiger partial charge in [-0.2, -0.15) is 0 Å². The zero-order valence-electron chi connectivity index (χ0n) is 10.9. The van der Waals surface area contributed by atoms with Gasteiger partial charge in [0.2, 0.25) is 0 Å². The Labute approximate surface area is 126 Å². The van der Waals surface area contributed by atoms with Crippen molar-refractivity contribution in [3.8, 4) is 0 Å². The van der Waals surface area contributed by atoms with Gasteiger partial charge in [-0.25, -0.2) is 4.39 Å². The van der Waals surface area contributed by atoms with Gasteiger partial charge in [-0.1, -0.05) is 46.3 Å². The maximum Gasteiger partial charge on any atom is 0.141 e. The van der Waals surface area contributed by atoms with E-state index in [2.05, 4.69) is 28.1 Å². The van der Waals surface area contributed by atoms with Crippen molar-refractivity contribution in [1.29, 1.82) is 0 Å². The van der Waals surface area contributed by atoms with Crippen LogP contribution in [0.3, 0.4) is 0 Å². The summed E-state index contributed by atoms with van der Waals surface area (Å²) in [6.45, 7) is 0. The Morgan fingerprint density at radius 1 is 1.15 bits per heavy atom. The predicted molar refractivity (Wildman–Crippen MR) is 80.2 cm³/mol. The molecule has 0 atom stereocenters. The number of benzene rings is 2. The maximum atomic E-state index is 13.8. The number of rotatable bonds is 3. The van der Waals surface area contributed by atoms with Gasteiger partial charge in [0.25, 0.3) is 0 Å². The zero-order chi connectivity index (χ0) is 14.1. The summed E-state index contributed by atoms with van der Waals surface area (Å²) < 4.78 is 14.5. The minimum absolute atomic E-state index is 0.00422. The predicted octanol–water partition coefficient (Wildman–Crippen LogP) is 4.11. The molecule has 2 aromatic carbocycles. The van der Waals surface area contributed by atoms with Crippen molar-refractivity contribution in [3.05, 3.63) is 69.4 Å². The molecular formula is C17H14BrFO. The molecule has 0 saturated heterocycles. The second kappa shape index (κ2) is 5.49. The average Bonchev–Trinajstić information content (AvgIpc) is 2.86. The van der Waals surface area contributed by atoms with E-state index in [-0.39, 0.29) is 23.9 Å². The summed E-state index contributed by atoms with van der Waals surface area (Å²) in [7, 11) is 0. The van der Waals surface area contributed by atoms with Crippen molar-refractivity contribution in [2.24, 2.45) is 5.92 Å². The Balaban J connectivity index is 1.72. The average molecular weight is 333 g/mol. The van der Waals surface area contributed by atoms with E-state index in [1.807, 2.05) is 12.1 Å². The summed E-state index contributed by atoms with van der Waals surface area (Å²) in [5.41, 5.74) is 2.98. The molecule has 1 nitrogen and oxygen atoms in total. The fraction of sp³-hybridized carbons (Fsp3) is 0.235. The van der Waals surface area contributed by atoms with Crippen LogP contribution >= 0.6 is 15.9 Å². The first-order chi connectivity index (χ1) is 9.63. The van der Waals surface area contributed by atoms with Gasteiger partial charge in [-0.05, 0) is 41.7 Å². The minimum Gasteiger partial charge on any atom is -0.299 e. The lowest BCUT2D eigenvalue weighted by Gasteiger charge is -2.09. The number of hydrogen-bond donors (Lipinski definition) is 0. The van der Waals surface area contributed by atoms with Gasteiger partial charge in [-0.3, -0.25) is 4.79 Å². The minimum atomic E-state index is -0.316. The fourth-order valence-electron chi connectivity index (χ4n) is 2.78. The van der Waals surface area contributed by atoms with E-state index in [0.717, 1.165) is 12.8 Å². The van der Waals surface area contributed by atoms with Gasteiger partial charge < -0.3 is 0 Å². The van der Waals surface area contributed by atoms with Crippen LogP contribution in [0, 0.1) is 11.7 Å². The van der Waals surface area contributed by atoms with Gasteiger partial charge in [0.1, 0.15) is 11.6 Å². The van der Waals surface area contributed by atoms with Crippen LogP contribution < -0.4 is 0 Å². The molecule has 20 heavy (non-hydrogen) atoms. The van der Waals surface area contributed by atoms with Crippen LogP contribution in [0.4, 0.5) is 4.39 Å². The van der Waals surface area contributed by atoms with E-state index in [9.17, 15) is 9.18 Å². The summed E-state index contributed by atoms with van der Waals surface area (Å²) in [6.07, 6.45) is 1.75. The Hall–Kier alpha value is -1.48. The lowest BCUT2D eigenvalue weighted by Crippen LogP contribution is -2.17. The highest BCUT2D eigenvalue weighted by molar-refractivity contribution is 9.10. The molecule has 0 N–H and O–H groups in total. The van der Waals surface area contributed by atoms with E-state index in [4.69, 9.17) is 0 Å². The third-order valence-electron chi connectivity index (χ3n) is 3.89. The molecule has 0 saturated carbocycles. The van der Waals surface area contributed by atoms with E-state index >= 15 is 0 Å². The maximum absolute atomic E-state index is 13.8. The Kier molecular flexibility index (Phi) is 3.70. The molecule has 1 aliphatic rings. The molecule has 1 aliphatic carbocycles. The van der Waals surface area contributed by atoms with Gasteiger partial charge in [0.05, 0.1) is 0 Å². The summed E-state index contributed by atoms with van der Waals surface area (Å²) >= 11 is 3.22. The Morgan fingerprint density at radius 3 is 2.40 bits per heavy atom. The van der Waals surface area contributed by atoms with Crippen molar-refractivity contribution < 1.29 is 9.18 Å². The van der Waals surface area contributed by atoms with E-state index in [1.54, 1.807) is 12.1 Å². The van der Waals surface area contributed by atoms with Crippen molar-refractivity contribution in [1.82, 2.24) is 0 Å². The molecule has 0 heterocycles. The summed E-state index contributed by atoms with van der Waals surface area (Å²) in [5.74, 6) is -0.193. The normalized spacial score (nSPS) is 14.3. The third kappa shape index (κ3) is 2.68. The van der Waals surface area contributed by atoms with Crippen LogP contribution in [0.1, 0.15) is 16.7 Å². The number of carbonyl (C=O) groups excluding carboxylic acids is 1. The molecule has 2 aromatic rings. The number of ketones is 1. The Morgan fingerprint density at radius 2 is 1.80 bits per heavy atom. The zero-order valence-corrected chi connectivity index (χ0v) is 12.5. The molecule has 0 unspecified atom stereocenters. The van der Waals surface area contributed by atoms with Gasteiger partial charge in [-0.15, -0.1) is 0 Å². The first kappa shape index (κ1) is 13.5. The van der Waals surface area contributed by atoms with Crippen molar-refractivity contribution in [2.75, 3.05) is 0 Å². The second-order valence-electron chi connectivity index (χ2n) is 5.25. The summed E-state index contributed by atoms with van der Waals surface area (Å²) in [5, 5.41) is 0. The molecule has 0 bridgehead atoms. The molecule has 0 amide bonds. The van der Waals surface area contributed by atoms with Crippen LogP contribution in [0.2, 0.25) is 0 Å². The molecule has 3 rings (SSSR count). The SMILES string of the molecule is O=C(Cc1ccc(Br)cc1F)C1Cc2ccccc2C1. The molecular weight excluding hydrogens is 319 g/mol. The number of halogens is 2. The molecule has 0 spiro atoms. The lowest BCUT2D eigenvalue weighted by atomic mass is 9.95. The smallest absolute Gasteiger partial charge is 0.141 e. The molecule has 3 heteroatoms. The van der Waals surface area contributed by atoms with Crippen molar-refractivity contribution >= 4 is 21.7 Å². The quantitative estimate of drug-likeness (QED) is 0.826. The summed E-state index contributed by atoms with van der Waals surface area (Å²) in [6, 6.07) is 13.0. The fourth-order valence-corrected chi connectivity index (χ4v) is 3.12.